The van der Waals surface area contributed by atoms with Crippen molar-refractivity contribution >= 4 is 5.91 Å². The minimum atomic E-state index is -0.424. The quantitative estimate of drug-likeness (QED) is 0.574. The van der Waals surface area contributed by atoms with Crippen LogP contribution >= 0.6 is 0 Å². The van der Waals surface area contributed by atoms with E-state index in [9.17, 15) is 14.9 Å². The Morgan fingerprint density at radius 3 is 2.88 bits per heavy atom. The molecule has 2 rings (SSSR count). The van der Waals surface area contributed by atoms with Crippen molar-refractivity contribution in [2.24, 2.45) is 0 Å². The van der Waals surface area contributed by atoms with Crippen LogP contribution < -0.4 is 0 Å². The Bertz CT molecular complexity index is 459. The molecule has 90 valence electrons. The average molecular weight is 234 g/mol. The van der Waals surface area contributed by atoms with Crippen molar-refractivity contribution in [2.75, 3.05) is 13.1 Å². The van der Waals surface area contributed by atoms with Crippen molar-refractivity contribution in [3.05, 3.63) is 45.5 Å². The first-order valence-electron chi connectivity index (χ1n) is 5.56. The molecule has 0 spiro atoms. The average Bonchev–Trinajstić information content (AvgIpc) is 2.28. The third kappa shape index (κ3) is 2.27. The normalized spacial score (nSPS) is 18.6. The molecule has 5 heteroatoms. The van der Waals surface area contributed by atoms with E-state index in [1.54, 1.807) is 4.90 Å². The summed E-state index contributed by atoms with van der Waals surface area (Å²) in [6.45, 7) is 1.79. The molecule has 0 unspecified atom stereocenters. The number of hydrogen-bond donors (Lipinski definition) is 0. The first-order valence-corrected chi connectivity index (χ1v) is 5.56. The van der Waals surface area contributed by atoms with Crippen LogP contribution in [0.5, 0.6) is 0 Å². The number of benzene rings is 1. The third-order valence-electron chi connectivity index (χ3n) is 3.14. The number of nitro groups is 1. The van der Waals surface area contributed by atoms with Gasteiger partial charge >= 0.3 is 0 Å². The van der Waals surface area contributed by atoms with E-state index in [-0.39, 0.29) is 17.4 Å². The fourth-order valence-electron chi connectivity index (χ4n) is 2.37. The van der Waals surface area contributed by atoms with Crippen LogP contribution in [0.4, 0.5) is 0 Å². The highest BCUT2D eigenvalue weighted by Gasteiger charge is 2.32. The van der Waals surface area contributed by atoms with E-state index in [0.29, 0.717) is 6.54 Å². The molecule has 0 radical (unpaired) electrons. The lowest BCUT2D eigenvalue weighted by Gasteiger charge is -2.34. The molecule has 5 nitrogen and oxygen atoms in total. The third-order valence-corrected chi connectivity index (χ3v) is 3.14. The number of carbonyl (C=O) groups excluding carboxylic acids is 1. The van der Waals surface area contributed by atoms with Gasteiger partial charge in [-0.1, -0.05) is 24.3 Å². The van der Waals surface area contributed by atoms with Crippen LogP contribution in [0.3, 0.4) is 0 Å². The van der Waals surface area contributed by atoms with Crippen LogP contribution in [0, 0.1) is 10.1 Å². The molecule has 1 aromatic carbocycles. The molecular formula is C12H14N2O3. The standard InChI is InChI=1S/C12H14N2O3/c1-9(15)13-7-6-10-4-2-3-5-11(10)12(13)8-14(16)17/h2-5,12H,6-8H2,1H3/t12-/m1/s1. The van der Waals surface area contributed by atoms with E-state index in [0.717, 1.165) is 17.5 Å². The molecule has 17 heavy (non-hydrogen) atoms. The molecular weight excluding hydrogens is 220 g/mol. The van der Waals surface area contributed by atoms with E-state index in [1.165, 1.54) is 6.92 Å². The fraction of sp³-hybridized carbons (Fsp3) is 0.417. The lowest BCUT2D eigenvalue weighted by molar-refractivity contribution is -0.487. The van der Waals surface area contributed by atoms with Gasteiger partial charge < -0.3 is 4.90 Å². The minimum absolute atomic E-state index is 0.105. The van der Waals surface area contributed by atoms with Gasteiger partial charge in [0.15, 0.2) is 0 Å². The SMILES string of the molecule is CC(=O)N1CCc2ccccc2[C@H]1C[N+](=O)[O-]. The van der Waals surface area contributed by atoms with E-state index in [4.69, 9.17) is 0 Å². The van der Waals surface area contributed by atoms with E-state index >= 15 is 0 Å². The van der Waals surface area contributed by atoms with Crippen LogP contribution in [-0.2, 0) is 11.2 Å². The lowest BCUT2D eigenvalue weighted by Crippen LogP contribution is -2.41. The zero-order valence-corrected chi connectivity index (χ0v) is 9.63. The van der Waals surface area contributed by atoms with Crippen LogP contribution in [0.1, 0.15) is 24.1 Å². The topological polar surface area (TPSA) is 63.5 Å². The molecule has 0 fully saturated rings. The Labute approximate surface area is 99.2 Å². The van der Waals surface area contributed by atoms with Crippen molar-refractivity contribution in [1.82, 2.24) is 4.90 Å². The van der Waals surface area contributed by atoms with Gasteiger partial charge in [0.05, 0.1) is 0 Å². The molecule has 1 aliphatic heterocycles. The zero-order chi connectivity index (χ0) is 12.4. The van der Waals surface area contributed by atoms with E-state index in [1.807, 2.05) is 24.3 Å². The van der Waals surface area contributed by atoms with Gasteiger partial charge in [-0.25, -0.2) is 0 Å². The maximum atomic E-state index is 11.5. The predicted molar refractivity (Wildman–Crippen MR) is 62.1 cm³/mol. The summed E-state index contributed by atoms with van der Waals surface area (Å²) in [5.41, 5.74) is 2.02. The highest BCUT2D eigenvalue weighted by Crippen LogP contribution is 2.29. The number of amides is 1. The molecule has 1 amide bonds. The molecule has 0 saturated heterocycles. The van der Waals surface area contributed by atoms with Gasteiger partial charge in [0, 0.05) is 18.4 Å². The Hall–Kier alpha value is -1.91. The second-order valence-electron chi connectivity index (χ2n) is 4.19. The van der Waals surface area contributed by atoms with Gasteiger partial charge in [-0.3, -0.25) is 14.9 Å². The summed E-state index contributed by atoms with van der Waals surface area (Å²) in [5.74, 6) is -0.105. The monoisotopic (exact) mass is 234 g/mol. The van der Waals surface area contributed by atoms with Gasteiger partial charge in [-0.15, -0.1) is 0 Å². The first kappa shape index (κ1) is 11.6. The summed E-state index contributed by atoms with van der Waals surface area (Å²) in [7, 11) is 0. The van der Waals surface area contributed by atoms with Gasteiger partial charge in [0.2, 0.25) is 12.5 Å². The number of hydrogen-bond acceptors (Lipinski definition) is 3. The molecule has 0 aliphatic carbocycles. The number of fused-ring (bicyclic) bond motifs is 1. The van der Waals surface area contributed by atoms with Crippen molar-refractivity contribution in [2.45, 2.75) is 19.4 Å². The largest absolute Gasteiger partial charge is 0.329 e. The smallest absolute Gasteiger partial charge is 0.228 e. The van der Waals surface area contributed by atoms with Gasteiger partial charge in [0.1, 0.15) is 6.04 Å². The summed E-state index contributed by atoms with van der Waals surface area (Å²) in [6.07, 6.45) is 0.768. The Kier molecular flexibility index (Phi) is 3.08. The summed E-state index contributed by atoms with van der Waals surface area (Å²) in [5, 5.41) is 10.7. The molecule has 0 aromatic heterocycles. The Morgan fingerprint density at radius 1 is 1.53 bits per heavy atom. The molecule has 1 heterocycles. The summed E-state index contributed by atoms with van der Waals surface area (Å²) < 4.78 is 0. The van der Waals surface area contributed by atoms with Crippen molar-refractivity contribution in [1.29, 1.82) is 0 Å². The van der Waals surface area contributed by atoms with Crippen molar-refractivity contribution in [3.8, 4) is 0 Å². The summed E-state index contributed by atoms with van der Waals surface area (Å²) >= 11 is 0. The first-order chi connectivity index (χ1) is 8.09. The number of rotatable bonds is 2. The molecule has 0 saturated carbocycles. The van der Waals surface area contributed by atoms with Crippen LogP contribution in [0.2, 0.25) is 0 Å². The second-order valence-corrected chi connectivity index (χ2v) is 4.19. The maximum absolute atomic E-state index is 11.5. The van der Waals surface area contributed by atoms with Gasteiger partial charge in [-0.2, -0.15) is 0 Å². The van der Waals surface area contributed by atoms with Gasteiger partial charge in [-0.05, 0) is 17.5 Å². The number of nitrogens with zero attached hydrogens (tertiary/aromatic N) is 2. The Balaban J connectivity index is 2.38. The summed E-state index contributed by atoms with van der Waals surface area (Å²) in [6, 6.07) is 7.20. The minimum Gasteiger partial charge on any atom is -0.329 e. The molecule has 1 atom stereocenters. The Morgan fingerprint density at radius 2 is 2.24 bits per heavy atom. The highest BCUT2D eigenvalue weighted by atomic mass is 16.6. The van der Waals surface area contributed by atoms with Gasteiger partial charge in [0.25, 0.3) is 0 Å². The maximum Gasteiger partial charge on any atom is 0.228 e. The van der Waals surface area contributed by atoms with Crippen molar-refractivity contribution in [3.63, 3.8) is 0 Å². The summed E-state index contributed by atoms with van der Waals surface area (Å²) in [4.78, 5) is 23.4. The van der Waals surface area contributed by atoms with Crippen LogP contribution in [0.25, 0.3) is 0 Å². The van der Waals surface area contributed by atoms with E-state index < -0.39 is 6.04 Å². The van der Waals surface area contributed by atoms with Crippen molar-refractivity contribution < 1.29 is 9.72 Å². The highest BCUT2D eigenvalue weighted by molar-refractivity contribution is 5.74. The molecule has 0 N–H and O–H groups in total. The molecule has 1 aromatic rings. The number of carbonyl (C=O) groups is 1. The second kappa shape index (κ2) is 4.53. The molecule has 1 aliphatic rings. The van der Waals surface area contributed by atoms with Crippen LogP contribution in [-0.4, -0.2) is 28.8 Å². The fourth-order valence-corrected chi connectivity index (χ4v) is 2.37. The molecule has 0 bridgehead atoms. The van der Waals surface area contributed by atoms with E-state index in [2.05, 4.69) is 0 Å². The van der Waals surface area contributed by atoms with Crippen LogP contribution in [0.15, 0.2) is 24.3 Å². The predicted octanol–water partition coefficient (Wildman–Crippen LogP) is 1.41. The zero-order valence-electron chi connectivity index (χ0n) is 9.63. The lowest BCUT2D eigenvalue weighted by atomic mass is 9.92.